The number of hydrogen-bond donors (Lipinski definition) is 0. The molecule has 8 aromatic rings. The van der Waals surface area contributed by atoms with E-state index in [2.05, 4.69) is 115 Å². The van der Waals surface area contributed by atoms with Crippen molar-refractivity contribution >= 4 is 50.6 Å². The van der Waals surface area contributed by atoms with Gasteiger partial charge >= 0.3 is 32.8 Å². The molecule has 9 rings (SSSR count). The van der Waals surface area contributed by atoms with E-state index in [0.717, 1.165) is 55.6 Å². The first-order chi connectivity index (χ1) is 28.9. The Hall–Kier alpha value is -6.00. The van der Waals surface area contributed by atoms with Crippen LogP contribution < -0.4 is 13.9 Å². The van der Waals surface area contributed by atoms with Gasteiger partial charge in [0.25, 0.3) is 5.69 Å². The summed E-state index contributed by atoms with van der Waals surface area (Å²) in [4.78, 5) is 4.76. The minimum Gasteiger partial charge on any atom is -0.509 e. The molecule has 0 N–H and O–H groups in total. The Labute approximate surface area is 377 Å². The van der Waals surface area contributed by atoms with E-state index in [4.69, 9.17) is 9.72 Å². The Morgan fingerprint density at radius 1 is 0.613 bits per heavy atom. The van der Waals surface area contributed by atoms with Crippen molar-refractivity contribution in [2.75, 3.05) is 0 Å². The van der Waals surface area contributed by atoms with Crippen LogP contribution in [0, 0.1) is 23.8 Å². The summed E-state index contributed by atoms with van der Waals surface area (Å²) in [6, 6.07) is 48.7. The normalized spacial score (nSPS) is 12.9. The number of rotatable bonds is 6. The molecule has 2 aromatic heterocycles. The van der Waals surface area contributed by atoms with Gasteiger partial charge in [0.2, 0.25) is 5.69 Å². The third kappa shape index (κ3) is 7.96. The van der Waals surface area contributed by atoms with E-state index in [-0.39, 0.29) is 48.9 Å². The van der Waals surface area contributed by atoms with E-state index in [1.165, 1.54) is 23.3 Å². The van der Waals surface area contributed by atoms with Crippen LogP contribution in [0.25, 0.3) is 38.8 Å². The minimum atomic E-state index is -0.315. The van der Waals surface area contributed by atoms with Crippen molar-refractivity contribution in [2.45, 2.75) is 78.6 Å². The summed E-state index contributed by atoms with van der Waals surface area (Å²) in [6.45, 7) is 19.9. The molecule has 1 aliphatic heterocycles. The Morgan fingerprint density at radius 2 is 1.29 bits per heavy atom. The third-order valence-electron chi connectivity index (χ3n) is 11.4. The fourth-order valence-electron chi connectivity index (χ4n) is 7.96. The molecule has 0 unspecified atom stereocenters. The number of hydrogen-bond acceptors (Lipinski definition) is 2. The van der Waals surface area contributed by atoms with Crippen LogP contribution in [0.1, 0.15) is 79.0 Å². The molecular formula is C54H48F2N4OPt+2. The Morgan fingerprint density at radius 3 is 2.00 bits per heavy atom. The maximum absolute atomic E-state index is 14.8. The van der Waals surface area contributed by atoms with Crippen LogP contribution in [0.2, 0.25) is 0 Å². The van der Waals surface area contributed by atoms with E-state index in [1.807, 2.05) is 69.9 Å². The van der Waals surface area contributed by atoms with Crippen molar-refractivity contribution < 1.29 is 34.6 Å². The number of aromatic nitrogens is 2. The van der Waals surface area contributed by atoms with Gasteiger partial charge in [-0.1, -0.05) is 109 Å². The number of benzene rings is 6. The van der Waals surface area contributed by atoms with Gasteiger partial charge < -0.3 is 9.30 Å². The maximum atomic E-state index is 14.8. The molecule has 0 bridgehead atoms. The van der Waals surface area contributed by atoms with E-state index in [0.29, 0.717) is 23.0 Å². The quantitative estimate of drug-likeness (QED) is 0.123. The predicted molar refractivity (Wildman–Crippen MR) is 245 cm³/mol. The molecule has 0 saturated heterocycles. The fraction of sp³-hybridized carbons (Fsp3) is 0.222. The van der Waals surface area contributed by atoms with Gasteiger partial charge in [-0.2, -0.15) is 12.1 Å². The molecule has 5 nitrogen and oxygen atoms in total. The fourth-order valence-corrected chi connectivity index (χ4v) is 7.96. The molecule has 8 heteroatoms. The Balaban J connectivity index is 0.00000529. The molecule has 1 aliphatic rings. The summed E-state index contributed by atoms with van der Waals surface area (Å²) in [5, 5.41) is 1.60. The van der Waals surface area contributed by atoms with Crippen molar-refractivity contribution in [1.82, 2.24) is 18.7 Å². The van der Waals surface area contributed by atoms with Crippen molar-refractivity contribution in [1.29, 1.82) is 0 Å². The van der Waals surface area contributed by atoms with E-state index >= 15 is 0 Å². The summed E-state index contributed by atoms with van der Waals surface area (Å²) in [5.74, 6) is 1.04. The molecule has 0 radical (unpaired) electrons. The van der Waals surface area contributed by atoms with Gasteiger partial charge in [-0.3, -0.25) is 0 Å². The Kier molecular flexibility index (Phi) is 10.8. The van der Waals surface area contributed by atoms with Crippen molar-refractivity contribution in [3.63, 3.8) is 0 Å². The monoisotopic (exact) mass is 1000 g/mol. The predicted octanol–water partition coefficient (Wildman–Crippen LogP) is 14.3. The van der Waals surface area contributed by atoms with Crippen LogP contribution in [0.3, 0.4) is 0 Å². The Bertz CT molecular complexity index is 3100. The van der Waals surface area contributed by atoms with E-state index in [9.17, 15) is 8.78 Å². The van der Waals surface area contributed by atoms with Gasteiger partial charge in [0, 0.05) is 41.4 Å². The minimum absolute atomic E-state index is 0. The average Bonchev–Trinajstić information content (AvgIpc) is 3.76. The molecule has 0 amide bonds. The number of pyridine rings is 1. The van der Waals surface area contributed by atoms with Crippen LogP contribution >= 0.6 is 0 Å². The first kappa shape index (κ1) is 42.7. The number of halogens is 2. The van der Waals surface area contributed by atoms with Crippen molar-refractivity contribution in [3.8, 4) is 28.4 Å². The number of para-hydroxylation sites is 1. The molecule has 0 atom stereocenters. The van der Waals surface area contributed by atoms with Crippen molar-refractivity contribution in [3.05, 3.63) is 168 Å². The molecular weight excluding hydrogens is 954 g/mol. The summed E-state index contributed by atoms with van der Waals surface area (Å²) in [5.41, 5.74) is 9.79. The second-order valence-corrected chi connectivity index (χ2v) is 19.0. The smallest absolute Gasteiger partial charge is 0.509 e. The SMILES string of the molecule is CC(C)(C)c1cc([N+]2=C=[N+](c3[c-]c(Oc4[c-]c5c(cc4)c4cc(F)ccc4n5-c4cc(C(C)(C)C)ccn4)ccc3)c3cccc(-c4cccc(F)c4)c32)cc(C(C)(C)C)c1.[Pt+2]. The first-order valence-electron chi connectivity index (χ1n) is 20.7. The van der Waals surface area contributed by atoms with Crippen LogP contribution in [0.4, 0.5) is 31.5 Å². The summed E-state index contributed by atoms with van der Waals surface area (Å²) in [7, 11) is 0. The largest absolute Gasteiger partial charge is 2.00 e. The van der Waals surface area contributed by atoms with Crippen LogP contribution in [0.5, 0.6) is 11.5 Å². The zero-order chi connectivity index (χ0) is 43.0. The van der Waals surface area contributed by atoms with Gasteiger partial charge in [0.05, 0.1) is 5.56 Å². The molecule has 0 spiro atoms. The van der Waals surface area contributed by atoms with E-state index in [1.54, 1.807) is 24.3 Å². The van der Waals surface area contributed by atoms with Crippen LogP contribution in [-0.4, -0.2) is 15.6 Å². The van der Waals surface area contributed by atoms with Gasteiger partial charge in [-0.15, -0.1) is 23.6 Å². The standard InChI is InChI=1S/C54H48F2N4O.Pt/c1-52(2,3)35-23-24-57-50(29-35)60-47-22-19-39(56)30-46(47)45-21-20-43(32-49(45)60)61-42-16-11-15-40(31-42)58-33-59(41-27-36(53(4,5)6)26-37(28-41)54(7,8)9)51-44(17-12-18-48(51)58)34-13-10-14-38(55)25-34;/h10-30H,1-9H3;/q;+2. The summed E-state index contributed by atoms with van der Waals surface area (Å²) in [6.07, 6.45) is 1.81. The summed E-state index contributed by atoms with van der Waals surface area (Å²) < 4.78 is 42.2. The zero-order valence-corrected chi connectivity index (χ0v) is 38.7. The second kappa shape index (κ2) is 15.7. The molecule has 0 aliphatic carbocycles. The number of fused-ring (bicyclic) bond motifs is 4. The molecule has 6 aromatic carbocycles. The van der Waals surface area contributed by atoms with Gasteiger partial charge in [-0.25, -0.2) is 13.8 Å². The summed E-state index contributed by atoms with van der Waals surface area (Å²) >= 11 is 0. The molecule has 0 saturated carbocycles. The van der Waals surface area contributed by atoms with Crippen LogP contribution in [0.15, 0.2) is 128 Å². The third-order valence-corrected chi connectivity index (χ3v) is 11.4. The molecule has 62 heavy (non-hydrogen) atoms. The van der Waals surface area contributed by atoms with Gasteiger partial charge in [0.15, 0.2) is 0 Å². The topological polar surface area (TPSA) is 33.1 Å². The van der Waals surface area contributed by atoms with E-state index < -0.39 is 0 Å². The van der Waals surface area contributed by atoms with Crippen LogP contribution in [-0.2, 0) is 37.3 Å². The first-order valence-corrected chi connectivity index (χ1v) is 20.7. The second-order valence-electron chi connectivity index (χ2n) is 19.0. The molecule has 0 fully saturated rings. The average molecular weight is 1000 g/mol. The zero-order valence-electron chi connectivity index (χ0n) is 36.4. The molecule has 312 valence electrons. The van der Waals surface area contributed by atoms with Crippen molar-refractivity contribution in [2.24, 2.45) is 0 Å². The maximum Gasteiger partial charge on any atom is 2.00 e. The number of nitrogens with zero attached hydrogens (tertiary/aromatic N) is 4. The van der Waals surface area contributed by atoms with Gasteiger partial charge in [-0.05, 0) is 97.0 Å². The molecule has 3 heterocycles. The number of ether oxygens (including phenoxy) is 1. The van der Waals surface area contributed by atoms with Gasteiger partial charge in [0.1, 0.15) is 23.1 Å².